The van der Waals surface area contributed by atoms with Crippen molar-refractivity contribution >= 4 is 5.82 Å². The van der Waals surface area contributed by atoms with Crippen molar-refractivity contribution < 1.29 is 18.2 Å². The Morgan fingerprint density at radius 3 is 2.29 bits per heavy atom. The van der Waals surface area contributed by atoms with Gasteiger partial charge in [0, 0.05) is 6.07 Å². The van der Waals surface area contributed by atoms with E-state index in [0.717, 1.165) is 12.3 Å². The van der Waals surface area contributed by atoms with E-state index in [4.69, 9.17) is 0 Å². The Morgan fingerprint density at radius 2 is 1.93 bits per heavy atom. The zero-order valence-corrected chi connectivity index (χ0v) is 7.94. The van der Waals surface area contributed by atoms with Gasteiger partial charge in [0.1, 0.15) is 6.20 Å². The van der Waals surface area contributed by atoms with Crippen molar-refractivity contribution in [2.24, 2.45) is 0 Å². The molecule has 0 atom stereocenters. The van der Waals surface area contributed by atoms with E-state index >= 15 is 0 Å². The number of nitrogens with one attached hydrogen (secondary N) is 2. The van der Waals surface area contributed by atoms with Crippen LogP contribution in [0, 0.1) is 0 Å². The molecular formula is C9H12F3N2+. The molecule has 0 spiro atoms. The first-order valence-electron chi connectivity index (χ1n) is 4.25. The number of pyridine rings is 1. The van der Waals surface area contributed by atoms with E-state index < -0.39 is 11.7 Å². The standard InChI is InChI=1S/C9H11F3N2/c1-6(2)14-8-4-3-7(5-13-8)9(10,11)12/h3-6H,1-2H3,(H,13,14)/p+1. The lowest BCUT2D eigenvalue weighted by atomic mass is 10.2. The molecule has 0 unspecified atom stereocenters. The molecule has 1 heterocycles. The predicted octanol–water partition coefficient (Wildman–Crippen LogP) is 2.34. The molecule has 0 aromatic carbocycles. The van der Waals surface area contributed by atoms with E-state index in [1.165, 1.54) is 6.07 Å². The van der Waals surface area contributed by atoms with Gasteiger partial charge in [-0.1, -0.05) is 0 Å². The van der Waals surface area contributed by atoms with Crippen LogP contribution in [0.1, 0.15) is 19.4 Å². The first kappa shape index (κ1) is 10.8. The van der Waals surface area contributed by atoms with E-state index in [1.807, 2.05) is 13.8 Å². The molecule has 1 aromatic rings. The van der Waals surface area contributed by atoms with Crippen LogP contribution in [0.5, 0.6) is 0 Å². The Kier molecular flexibility index (Phi) is 2.98. The molecule has 0 radical (unpaired) electrons. The SMILES string of the molecule is CC(C)Nc1ccc(C(F)(F)F)c[nH+]1. The lowest BCUT2D eigenvalue weighted by Gasteiger charge is -2.05. The molecular weight excluding hydrogens is 193 g/mol. The van der Waals surface area contributed by atoms with Gasteiger partial charge < -0.3 is 0 Å². The Bertz CT molecular complexity index is 290. The fourth-order valence-electron chi connectivity index (χ4n) is 1.00. The number of alkyl halides is 3. The summed E-state index contributed by atoms with van der Waals surface area (Å²) in [6.07, 6.45) is -3.34. The predicted molar refractivity (Wildman–Crippen MR) is 46.8 cm³/mol. The minimum atomic E-state index is -4.28. The third-order valence-electron chi connectivity index (χ3n) is 1.58. The molecule has 2 nitrogen and oxygen atoms in total. The van der Waals surface area contributed by atoms with Gasteiger partial charge in [-0.2, -0.15) is 13.2 Å². The Labute approximate surface area is 80.2 Å². The smallest absolute Gasteiger partial charge is 0.272 e. The molecule has 0 saturated carbocycles. The van der Waals surface area contributed by atoms with Crippen LogP contribution in [0.2, 0.25) is 0 Å². The van der Waals surface area contributed by atoms with Crippen LogP contribution in [0.4, 0.5) is 19.0 Å². The number of hydrogen-bond acceptors (Lipinski definition) is 1. The number of aromatic amines is 1. The average Bonchev–Trinajstić information content (AvgIpc) is 2.02. The number of anilines is 1. The molecule has 0 bridgehead atoms. The van der Waals surface area contributed by atoms with Crippen LogP contribution >= 0.6 is 0 Å². The zero-order chi connectivity index (χ0) is 10.8. The molecule has 0 aliphatic heterocycles. The highest BCUT2D eigenvalue weighted by Gasteiger charge is 2.31. The summed E-state index contributed by atoms with van der Waals surface area (Å²) in [5.41, 5.74) is -0.674. The van der Waals surface area contributed by atoms with Crippen LogP contribution in [0.3, 0.4) is 0 Å². The number of rotatable bonds is 2. The largest absolute Gasteiger partial charge is 0.419 e. The normalized spacial score (nSPS) is 11.9. The topological polar surface area (TPSA) is 26.2 Å². The summed E-state index contributed by atoms with van der Waals surface area (Å²) in [7, 11) is 0. The first-order chi connectivity index (χ1) is 6.39. The van der Waals surface area contributed by atoms with Crippen molar-refractivity contribution in [3.05, 3.63) is 23.9 Å². The summed E-state index contributed by atoms with van der Waals surface area (Å²) in [4.78, 5) is 2.54. The quantitative estimate of drug-likeness (QED) is 0.788. The zero-order valence-electron chi connectivity index (χ0n) is 7.94. The summed E-state index contributed by atoms with van der Waals surface area (Å²) in [6, 6.07) is 2.60. The molecule has 78 valence electrons. The molecule has 0 aliphatic carbocycles. The summed E-state index contributed by atoms with van der Waals surface area (Å²) in [5.74, 6) is 0.577. The molecule has 0 amide bonds. The van der Waals surface area contributed by atoms with Crippen molar-refractivity contribution in [1.82, 2.24) is 0 Å². The van der Waals surface area contributed by atoms with Gasteiger partial charge >= 0.3 is 6.18 Å². The molecule has 1 aromatic heterocycles. The van der Waals surface area contributed by atoms with E-state index in [-0.39, 0.29) is 6.04 Å². The molecule has 0 saturated heterocycles. The Morgan fingerprint density at radius 1 is 1.29 bits per heavy atom. The minimum absolute atomic E-state index is 0.183. The second-order valence-electron chi connectivity index (χ2n) is 3.29. The van der Waals surface area contributed by atoms with E-state index in [1.54, 1.807) is 0 Å². The highest BCUT2D eigenvalue weighted by molar-refractivity contribution is 5.30. The van der Waals surface area contributed by atoms with E-state index in [9.17, 15) is 13.2 Å². The van der Waals surface area contributed by atoms with Crippen LogP contribution in [0.15, 0.2) is 18.3 Å². The summed E-state index contributed by atoms with van der Waals surface area (Å²) < 4.78 is 36.4. The van der Waals surface area contributed by atoms with Crippen molar-refractivity contribution in [1.29, 1.82) is 0 Å². The molecule has 2 N–H and O–H groups in total. The number of H-pyrrole nitrogens is 1. The summed E-state index contributed by atoms with van der Waals surface area (Å²) in [6.45, 7) is 3.82. The second kappa shape index (κ2) is 3.86. The monoisotopic (exact) mass is 205 g/mol. The minimum Gasteiger partial charge on any atom is -0.272 e. The third-order valence-corrected chi connectivity index (χ3v) is 1.58. The van der Waals surface area contributed by atoms with Gasteiger partial charge in [-0.3, -0.25) is 5.32 Å². The highest BCUT2D eigenvalue weighted by Crippen LogP contribution is 2.27. The fraction of sp³-hybridized carbons (Fsp3) is 0.444. The number of hydrogen-bond donors (Lipinski definition) is 1. The van der Waals surface area contributed by atoms with Crippen LogP contribution in [-0.4, -0.2) is 6.04 Å². The maximum absolute atomic E-state index is 12.1. The summed E-state index contributed by atoms with van der Waals surface area (Å²) >= 11 is 0. The average molecular weight is 205 g/mol. The van der Waals surface area contributed by atoms with Gasteiger partial charge in [-0.05, 0) is 19.9 Å². The number of halogens is 3. The van der Waals surface area contributed by atoms with Crippen LogP contribution in [-0.2, 0) is 6.18 Å². The highest BCUT2D eigenvalue weighted by atomic mass is 19.4. The molecule has 0 aliphatic rings. The molecule has 14 heavy (non-hydrogen) atoms. The van der Waals surface area contributed by atoms with Crippen molar-refractivity contribution in [3.8, 4) is 0 Å². The Hall–Kier alpha value is -1.26. The maximum Gasteiger partial charge on any atom is 0.419 e. The maximum atomic E-state index is 12.1. The lowest BCUT2D eigenvalue weighted by molar-refractivity contribution is -0.364. The van der Waals surface area contributed by atoms with Crippen LogP contribution in [0.25, 0.3) is 0 Å². The first-order valence-corrected chi connectivity index (χ1v) is 4.25. The third kappa shape index (κ3) is 2.90. The molecule has 1 rings (SSSR count). The molecule has 0 fully saturated rings. The Balaban J connectivity index is 2.79. The van der Waals surface area contributed by atoms with Gasteiger partial charge in [0.05, 0.1) is 11.6 Å². The van der Waals surface area contributed by atoms with Gasteiger partial charge in [-0.15, -0.1) is 0 Å². The van der Waals surface area contributed by atoms with E-state index in [0.29, 0.717) is 5.82 Å². The number of aromatic nitrogens is 1. The lowest BCUT2D eigenvalue weighted by Crippen LogP contribution is -2.20. The van der Waals surface area contributed by atoms with Crippen LogP contribution < -0.4 is 10.3 Å². The summed E-state index contributed by atoms with van der Waals surface area (Å²) in [5, 5.41) is 2.96. The van der Waals surface area contributed by atoms with Crippen molar-refractivity contribution in [2.45, 2.75) is 26.1 Å². The van der Waals surface area contributed by atoms with Crippen molar-refractivity contribution in [2.75, 3.05) is 5.32 Å². The van der Waals surface area contributed by atoms with Gasteiger partial charge in [0.15, 0.2) is 0 Å². The molecule has 5 heteroatoms. The fourth-order valence-corrected chi connectivity index (χ4v) is 1.00. The van der Waals surface area contributed by atoms with Crippen molar-refractivity contribution in [3.63, 3.8) is 0 Å². The van der Waals surface area contributed by atoms with Gasteiger partial charge in [0.2, 0.25) is 0 Å². The van der Waals surface area contributed by atoms with Gasteiger partial charge in [-0.25, -0.2) is 4.98 Å². The second-order valence-corrected chi connectivity index (χ2v) is 3.29. The van der Waals surface area contributed by atoms with E-state index in [2.05, 4.69) is 10.3 Å². The van der Waals surface area contributed by atoms with Gasteiger partial charge in [0.25, 0.3) is 5.82 Å².